The number of hydrogen-bond acceptors (Lipinski definition) is 3. The first-order chi connectivity index (χ1) is 9.63. The number of benzene rings is 1. The van der Waals surface area contributed by atoms with Gasteiger partial charge in [-0.15, -0.1) is 0 Å². The Bertz CT molecular complexity index is 659. The Morgan fingerprint density at radius 1 is 1.35 bits per heavy atom. The molecule has 0 bridgehead atoms. The molecule has 0 aliphatic carbocycles. The summed E-state index contributed by atoms with van der Waals surface area (Å²) >= 11 is 3.46. The van der Waals surface area contributed by atoms with Gasteiger partial charge in [0.25, 0.3) is 0 Å². The van der Waals surface area contributed by atoms with E-state index in [-0.39, 0.29) is 11.8 Å². The van der Waals surface area contributed by atoms with Gasteiger partial charge in [-0.1, -0.05) is 15.9 Å². The van der Waals surface area contributed by atoms with Crippen LogP contribution in [0.4, 0.5) is 5.82 Å². The molecule has 1 aromatic heterocycles. The van der Waals surface area contributed by atoms with Gasteiger partial charge >= 0.3 is 0 Å². The third-order valence-electron chi connectivity index (χ3n) is 3.78. The summed E-state index contributed by atoms with van der Waals surface area (Å²) in [5.41, 5.74) is 6.39. The fraction of sp³-hybridized carbons (Fsp3) is 0.333. The van der Waals surface area contributed by atoms with Crippen LogP contribution in [0.15, 0.2) is 34.8 Å². The number of carbonyl (C=O) groups excluding carboxylic acids is 1. The third-order valence-corrected chi connectivity index (χ3v) is 4.28. The van der Waals surface area contributed by atoms with Crippen molar-refractivity contribution in [2.75, 3.05) is 18.0 Å². The highest BCUT2D eigenvalue weighted by atomic mass is 79.9. The summed E-state index contributed by atoms with van der Waals surface area (Å²) < 4.78 is 1.05. The average Bonchev–Trinajstić information content (AvgIpc) is 2.47. The number of fused-ring (bicyclic) bond motifs is 1. The Labute approximate surface area is 126 Å². The molecule has 3 rings (SSSR count). The van der Waals surface area contributed by atoms with Gasteiger partial charge in [0.15, 0.2) is 0 Å². The maximum Gasteiger partial charge on any atom is 0.222 e. The van der Waals surface area contributed by atoms with Crippen molar-refractivity contribution in [3.8, 4) is 0 Å². The number of anilines is 1. The van der Waals surface area contributed by atoms with Crippen LogP contribution in [0.25, 0.3) is 10.9 Å². The molecule has 5 heteroatoms. The molecular formula is C15H16BrN3O. The van der Waals surface area contributed by atoms with Crippen LogP contribution in [0.1, 0.15) is 12.8 Å². The van der Waals surface area contributed by atoms with Gasteiger partial charge in [-0.25, -0.2) is 4.98 Å². The molecule has 1 aliphatic heterocycles. The first-order valence-corrected chi connectivity index (χ1v) is 7.53. The zero-order valence-electron chi connectivity index (χ0n) is 11.1. The van der Waals surface area contributed by atoms with E-state index in [0.717, 1.165) is 40.6 Å². The number of pyridine rings is 1. The van der Waals surface area contributed by atoms with Crippen molar-refractivity contribution in [3.05, 3.63) is 34.8 Å². The maximum atomic E-state index is 11.4. The molecule has 2 aromatic rings. The van der Waals surface area contributed by atoms with Gasteiger partial charge in [0.2, 0.25) is 5.91 Å². The van der Waals surface area contributed by atoms with E-state index in [4.69, 9.17) is 5.73 Å². The van der Waals surface area contributed by atoms with E-state index in [9.17, 15) is 4.79 Å². The van der Waals surface area contributed by atoms with Crippen molar-refractivity contribution in [1.82, 2.24) is 4.98 Å². The molecule has 1 unspecified atom stereocenters. The lowest BCUT2D eigenvalue weighted by Gasteiger charge is -2.32. The fourth-order valence-corrected chi connectivity index (χ4v) is 3.06. The molecule has 1 aromatic carbocycles. The Kier molecular flexibility index (Phi) is 3.61. The quantitative estimate of drug-likeness (QED) is 0.919. The third kappa shape index (κ3) is 2.63. The Morgan fingerprint density at radius 2 is 2.20 bits per heavy atom. The van der Waals surface area contributed by atoms with Crippen LogP contribution in [0.2, 0.25) is 0 Å². The fourth-order valence-electron chi connectivity index (χ4n) is 2.68. The van der Waals surface area contributed by atoms with Gasteiger partial charge in [-0.05, 0) is 43.2 Å². The predicted octanol–water partition coefficient (Wildman–Crippen LogP) is 2.70. The van der Waals surface area contributed by atoms with Crippen molar-refractivity contribution >= 4 is 38.6 Å². The second-order valence-electron chi connectivity index (χ2n) is 5.19. The first kappa shape index (κ1) is 13.4. The number of halogens is 1. The molecule has 0 radical (unpaired) electrons. The average molecular weight is 334 g/mol. The van der Waals surface area contributed by atoms with E-state index < -0.39 is 0 Å². The van der Waals surface area contributed by atoms with Crippen molar-refractivity contribution in [2.24, 2.45) is 11.7 Å². The summed E-state index contributed by atoms with van der Waals surface area (Å²) in [6.07, 6.45) is 1.86. The Hall–Kier alpha value is -1.62. The Morgan fingerprint density at radius 3 is 3.00 bits per heavy atom. The lowest BCUT2D eigenvalue weighted by atomic mass is 9.97. The smallest absolute Gasteiger partial charge is 0.222 e. The largest absolute Gasteiger partial charge is 0.369 e. The summed E-state index contributed by atoms with van der Waals surface area (Å²) in [6.45, 7) is 1.60. The highest BCUT2D eigenvalue weighted by Crippen LogP contribution is 2.25. The highest BCUT2D eigenvalue weighted by molar-refractivity contribution is 9.10. The monoisotopic (exact) mass is 333 g/mol. The number of carbonyl (C=O) groups is 1. The van der Waals surface area contributed by atoms with E-state index in [1.54, 1.807) is 0 Å². The van der Waals surface area contributed by atoms with Gasteiger partial charge in [0.1, 0.15) is 5.82 Å². The minimum Gasteiger partial charge on any atom is -0.369 e. The molecule has 0 saturated carbocycles. The minimum absolute atomic E-state index is 0.0637. The molecule has 1 amide bonds. The van der Waals surface area contributed by atoms with Crippen LogP contribution in [-0.4, -0.2) is 24.0 Å². The summed E-state index contributed by atoms with van der Waals surface area (Å²) in [5.74, 6) is 0.649. The zero-order chi connectivity index (χ0) is 14.1. The summed E-state index contributed by atoms with van der Waals surface area (Å²) in [4.78, 5) is 18.2. The molecule has 104 valence electrons. The first-order valence-electron chi connectivity index (χ1n) is 6.74. The van der Waals surface area contributed by atoms with Gasteiger partial charge in [0.05, 0.1) is 11.4 Å². The lowest BCUT2D eigenvalue weighted by Crippen LogP contribution is -2.41. The number of nitrogens with two attached hydrogens (primary N) is 1. The zero-order valence-corrected chi connectivity index (χ0v) is 12.6. The van der Waals surface area contributed by atoms with Gasteiger partial charge in [-0.2, -0.15) is 0 Å². The molecule has 1 saturated heterocycles. The lowest BCUT2D eigenvalue weighted by molar-refractivity contribution is -0.122. The van der Waals surface area contributed by atoms with Crippen molar-refractivity contribution < 1.29 is 4.79 Å². The number of hydrogen-bond donors (Lipinski definition) is 1. The summed E-state index contributed by atoms with van der Waals surface area (Å²) in [5, 5.41) is 1.10. The topological polar surface area (TPSA) is 59.2 Å². The van der Waals surface area contributed by atoms with Crippen LogP contribution in [0.3, 0.4) is 0 Å². The highest BCUT2D eigenvalue weighted by Gasteiger charge is 2.24. The Balaban J connectivity index is 1.90. The van der Waals surface area contributed by atoms with Crippen LogP contribution < -0.4 is 10.6 Å². The van der Waals surface area contributed by atoms with Crippen LogP contribution in [0, 0.1) is 5.92 Å². The predicted molar refractivity (Wildman–Crippen MR) is 83.6 cm³/mol. The molecular weight excluding hydrogens is 318 g/mol. The molecule has 1 atom stereocenters. The second-order valence-corrected chi connectivity index (χ2v) is 6.11. The van der Waals surface area contributed by atoms with Crippen LogP contribution in [-0.2, 0) is 4.79 Å². The van der Waals surface area contributed by atoms with Crippen molar-refractivity contribution in [2.45, 2.75) is 12.8 Å². The second kappa shape index (κ2) is 5.40. The molecule has 2 N–H and O–H groups in total. The molecule has 20 heavy (non-hydrogen) atoms. The number of amides is 1. The minimum atomic E-state index is -0.209. The van der Waals surface area contributed by atoms with E-state index in [1.165, 1.54) is 0 Å². The summed E-state index contributed by atoms with van der Waals surface area (Å²) in [7, 11) is 0. The van der Waals surface area contributed by atoms with E-state index >= 15 is 0 Å². The van der Waals surface area contributed by atoms with Gasteiger partial charge in [-0.3, -0.25) is 4.79 Å². The number of primary amides is 1. The number of aromatic nitrogens is 1. The molecule has 2 heterocycles. The molecule has 4 nitrogen and oxygen atoms in total. The standard InChI is InChI=1S/C15H16BrN3O/c16-12-4-5-13-10(8-12)3-6-14(18-13)19-7-1-2-11(9-19)15(17)20/h3-6,8,11H,1-2,7,9H2,(H2,17,20). The number of piperidine rings is 1. The van der Waals surface area contributed by atoms with Gasteiger partial charge in [0, 0.05) is 22.9 Å². The van der Waals surface area contributed by atoms with Crippen LogP contribution in [0.5, 0.6) is 0 Å². The number of rotatable bonds is 2. The number of nitrogens with zero attached hydrogens (tertiary/aromatic N) is 2. The normalized spacial score (nSPS) is 19.2. The molecule has 1 fully saturated rings. The maximum absolute atomic E-state index is 11.4. The SMILES string of the molecule is NC(=O)C1CCCN(c2ccc3cc(Br)ccc3n2)C1. The van der Waals surface area contributed by atoms with E-state index in [2.05, 4.69) is 37.9 Å². The van der Waals surface area contributed by atoms with Crippen LogP contribution >= 0.6 is 15.9 Å². The van der Waals surface area contributed by atoms with Crippen molar-refractivity contribution in [3.63, 3.8) is 0 Å². The molecule has 0 spiro atoms. The summed E-state index contributed by atoms with van der Waals surface area (Å²) in [6, 6.07) is 10.1. The van der Waals surface area contributed by atoms with Crippen molar-refractivity contribution in [1.29, 1.82) is 0 Å². The van der Waals surface area contributed by atoms with E-state index in [0.29, 0.717) is 6.54 Å². The van der Waals surface area contributed by atoms with Gasteiger partial charge < -0.3 is 10.6 Å². The van der Waals surface area contributed by atoms with E-state index in [1.807, 2.05) is 18.2 Å². The molecule has 1 aliphatic rings.